The molecule has 1 aromatic heterocycles. The number of hydrogen-bond acceptors (Lipinski definition) is 5. The first-order valence-corrected chi connectivity index (χ1v) is 6.31. The summed E-state index contributed by atoms with van der Waals surface area (Å²) >= 11 is 0. The molecule has 2 heterocycles. The van der Waals surface area contributed by atoms with E-state index in [9.17, 15) is 0 Å². The van der Waals surface area contributed by atoms with Crippen LogP contribution in [0, 0.1) is 5.92 Å². The molecule has 1 aromatic rings. The van der Waals surface area contributed by atoms with Crippen LogP contribution in [-0.2, 0) is 0 Å². The minimum absolute atomic E-state index is 0.0531. The zero-order chi connectivity index (χ0) is 13.1. The monoisotopic (exact) mass is 248 g/mol. The quantitative estimate of drug-likeness (QED) is 0.894. The molecule has 0 saturated heterocycles. The highest BCUT2D eigenvalue weighted by Crippen LogP contribution is 2.15. The van der Waals surface area contributed by atoms with Crippen LogP contribution in [0.1, 0.15) is 27.2 Å². The standard InChI is InChI=1S/C13H20N4O/c1-5-9(2)12-14-10(3)15-13(16-12)17(4)11-7-6-8-18-11/h6-10H,5H2,1-4H3,(H,14,15,16). The van der Waals surface area contributed by atoms with Gasteiger partial charge in [0.05, 0.1) is 6.26 Å². The summed E-state index contributed by atoms with van der Waals surface area (Å²) in [5.74, 6) is 2.94. The first-order chi connectivity index (χ1) is 8.61. The second kappa shape index (κ2) is 5.25. The third-order valence-electron chi connectivity index (χ3n) is 3.11. The Kier molecular flexibility index (Phi) is 3.69. The number of hydrogen-bond donors (Lipinski definition) is 1. The van der Waals surface area contributed by atoms with Crippen LogP contribution in [0.15, 0.2) is 32.8 Å². The lowest BCUT2D eigenvalue weighted by atomic mass is 10.1. The smallest absolute Gasteiger partial charge is 0.208 e. The van der Waals surface area contributed by atoms with Crippen molar-refractivity contribution in [2.24, 2.45) is 15.9 Å². The molecule has 0 aromatic carbocycles. The zero-order valence-electron chi connectivity index (χ0n) is 11.3. The van der Waals surface area contributed by atoms with Crippen molar-refractivity contribution in [1.82, 2.24) is 5.32 Å². The summed E-state index contributed by atoms with van der Waals surface area (Å²) in [6.45, 7) is 6.30. The van der Waals surface area contributed by atoms with E-state index in [0.29, 0.717) is 5.92 Å². The summed E-state index contributed by atoms with van der Waals surface area (Å²) in [4.78, 5) is 10.9. The predicted octanol–water partition coefficient (Wildman–Crippen LogP) is 2.47. The van der Waals surface area contributed by atoms with Crippen LogP contribution in [0.25, 0.3) is 0 Å². The van der Waals surface area contributed by atoms with Gasteiger partial charge in [-0.05, 0) is 19.4 Å². The van der Waals surface area contributed by atoms with Crippen molar-refractivity contribution >= 4 is 17.7 Å². The molecule has 0 bridgehead atoms. The Morgan fingerprint density at radius 3 is 2.89 bits per heavy atom. The Bertz CT molecular complexity index is 450. The van der Waals surface area contributed by atoms with E-state index in [1.54, 1.807) is 6.26 Å². The SMILES string of the molecule is CCC(C)C1=NC(C)N=C(N(C)c2ccco2)N1. The highest BCUT2D eigenvalue weighted by molar-refractivity contribution is 6.08. The first-order valence-electron chi connectivity index (χ1n) is 6.31. The maximum absolute atomic E-state index is 5.37. The van der Waals surface area contributed by atoms with Crippen LogP contribution < -0.4 is 10.2 Å². The Morgan fingerprint density at radius 1 is 1.50 bits per heavy atom. The number of guanidine groups is 1. The average Bonchev–Trinajstić information content (AvgIpc) is 2.90. The fraction of sp³-hybridized carbons (Fsp3) is 0.538. The summed E-state index contributed by atoms with van der Waals surface area (Å²) in [6.07, 6.45) is 2.65. The molecule has 5 nitrogen and oxygen atoms in total. The van der Waals surface area contributed by atoms with Crippen molar-refractivity contribution in [2.75, 3.05) is 11.9 Å². The molecule has 0 amide bonds. The molecule has 0 spiro atoms. The third kappa shape index (κ3) is 2.55. The van der Waals surface area contributed by atoms with Gasteiger partial charge in [-0.15, -0.1) is 0 Å². The van der Waals surface area contributed by atoms with Gasteiger partial charge < -0.3 is 9.73 Å². The van der Waals surface area contributed by atoms with Gasteiger partial charge in [-0.3, -0.25) is 4.90 Å². The van der Waals surface area contributed by atoms with E-state index in [4.69, 9.17) is 4.42 Å². The van der Waals surface area contributed by atoms with E-state index in [2.05, 4.69) is 29.1 Å². The molecular weight excluding hydrogens is 228 g/mol. The van der Waals surface area contributed by atoms with Gasteiger partial charge in [-0.2, -0.15) is 0 Å². The summed E-state index contributed by atoms with van der Waals surface area (Å²) in [5.41, 5.74) is 0. The van der Waals surface area contributed by atoms with E-state index in [1.807, 2.05) is 31.0 Å². The molecule has 98 valence electrons. The lowest BCUT2D eigenvalue weighted by Crippen LogP contribution is -2.47. The molecular formula is C13H20N4O. The van der Waals surface area contributed by atoms with Crippen molar-refractivity contribution in [3.63, 3.8) is 0 Å². The van der Waals surface area contributed by atoms with E-state index >= 15 is 0 Å². The van der Waals surface area contributed by atoms with Crippen molar-refractivity contribution in [3.05, 3.63) is 18.4 Å². The van der Waals surface area contributed by atoms with Gasteiger partial charge in [0.25, 0.3) is 0 Å². The summed E-state index contributed by atoms with van der Waals surface area (Å²) in [6, 6.07) is 3.77. The number of rotatable bonds is 3. The first kappa shape index (κ1) is 12.7. The van der Waals surface area contributed by atoms with Gasteiger partial charge in [0.2, 0.25) is 11.8 Å². The van der Waals surface area contributed by atoms with Gasteiger partial charge in [-0.1, -0.05) is 13.8 Å². The van der Waals surface area contributed by atoms with Crippen LogP contribution in [0.3, 0.4) is 0 Å². The van der Waals surface area contributed by atoms with E-state index in [-0.39, 0.29) is 6.17 Å². The molecule has 0 aliphatic carbocycles. The Hall–Kier alpha value is -1.78. The molecule has 1 aliphatic rings. The van der Waals surface area contributed by atoms with Gasteiger partial charge >= 0.3 is 0 Å². The number of nitrogens with zero attached hydrogens (tertiary/aromatic N) is 3. The second-order valence-corrected chi connectivity index (χ2v) is 4.54. The van der Waals surface area contributed by atoms with Crippen LogP contribution in [0.2, 0.25) is 0 Å². The summed E-state index contributed by atoms with van der Waals surface area (Å²) in [5, 5.41) is 3.29. The third-order valence-corrected chi connectivity index (χ3v) is 3.11. The maximum atomic E-state index is 5.37. The molecule has 0 radical (unpaired) electrons. The van der Waals surface area contributed by atoms with E-state index in [0.717, 1.165) is 24.1 Å². The van der Waals surface area contributed by atoms with Crippen LogP contribution in [0.4, 0.5) is 5.88 Å². The second-order valence-electron chi connectivity index (χ2n) is 4.54. The number of furan rings is 1. The summed E-state index contributed by atoms with van der Waals surface area (Å²) in [7, 11) is 1.93. The Balaban J connectivity index is 2.15. The Morgan fingerprint density at radius 2 is 2.28 bits per heavy atom. The normalized spacial score (nSPS) is 20.8. The van der Waals surface area contributed by atoms with Gasteiger partial charge in [0.1, 0.15) is 12.0 Å². The topological polar surface area (TPSA) is 53.1 Å². The molecule has 1 aliphatic heterocycles. The minimum Gasteiger partial charge on any atom is -0.448 e. The van der Waals surface area contributed by atoms with Gasteiger partial charge in [0.15, 0.2) is 0 Å². The lowest BCUT2D eigenvalue weighted by molar-refractivity contribution is 0.569. The van der Waals surface area contributed by atoms with E-state index < -0.39 is 0 Å². The molecule has 2 atom stereocenters. The fourth-order valence-corrected chi connectivity index (χ4v) is 1.77. The summed E-state index contributed by atoms with van der Waals surface area (Å²) < 4.78 is 5.37. The van der Waals surface area contributed by atoms with Crippen molar-refractivity contribution < 1.29 is 4.42 Å². The molecule has 0 saturated carbocycles. The fourth-order valence-electron chi connectivity index (χ4n) is 1.77. The number of nitrogens with one attached hydrogen (secondary N) is 1. The minimum atomic E-state index is -0.0531. The highest BCUT2D eigenvalue weighted by atomic mass is 16.3. The number of aliphatic imine (C=N–C) groups is 2. The molecule has 18 heavy (non-hydrogen) atoms. The van der Waals surface area contributed by atoms with E-state index in [1.165, 1.54) is 0 Å². The van der Waals surface area contributed by atoms with Crippen LogP contribution >= 0.6 is 0 Å². The van der Waals surface area contributed by atoms with Gasteiger partial charge in [-0.25, -0.2) is 9.98 Å². The molecule has 0 fully saturated rings. The number of anilines is 1. The Labute approximate surface area is 108 Å². The van der Waals surface area contributed by atoms with Crippen LogP contribution in [-0.4, -0.2) is 25.0 Å². The number of amidine groups is 1. The molecule has 2 unspecified atom stereocenters. The zero-order valence-corrected chi connectivity index (χ0v) is 11.3. The van der Waals surface area contributed by atoms with Gasteiger partial charge in [0, 0.05) is 19.0 Å². The maximum Gasteiger partial charge on any atom is 0.208 e. The molecule has 1 N–H and O–H groups in total. The van der Waals surface area contributed by atoms with Crippen molar-refractivity contribution in [1.29, 1.82) is 0 Å². The highest BCUT2D eigenvalue weighted by Gasteiger charge is 2.21. The van der Waals surface area contributed by atoms with Crippen molar-refractivity contribution in [3.8, 4) is 0 Å². The average molecular weight is 248 g/mol. The van der Waals surface area contributed by atoms with Crippen molar-refractivity contribution in [2.45, 2.75) is 33.4 Å². The predicted molar refractivity (Wildman–Crippen MR) is 74.0 cm³/mol. The lowest BCUT2D eigenvalue weighted by Gasteiger charge is -2.27. The molecule has 5 heteroatoms. The molecule has 2 rings (SSSR count). The largest absolute Gasteiger partial charge is 0.448 e. The van der Waals surface area contributed by atoms with Crippen LogP contribution in [0.5, 0.6) is 0 Å².